The van der Waals surface area contributed by atoms with Crippen LogP contribution >= 0.6 is 11.6 Å². The number of rotatable bonds is 4. The molecule has 0 spiro atoms. The summed E-state index contributed by atoms with van der Waals surface area (Å²) in [5.74, 6) is -0.368. The molecule has 1 aromatic rings. The van der Waals surface area contributed by atoms with Crippen molar-refractivity contribution in [3.63, 3.8) is 0 Å². The minimum atomic E-state index is -0.218. The minimum Gasteiger partial charge on any atom is -0.352 e. The van der Waals surface area contributed by atoms with E-state index in [2.05, 4.69) is 10.6 Å². The molecule has 1 heterocycles. The van der Waals surface area contributed by atoms with E-state index in [0.717, 1.165) is 38.5 Å². The average molecular weight is 406 g/mol. The summed E-state index contributed by atoms with van der Waals surface area (Å²) in [6, 6.07) is 6.79. The van der Waals surface area contributed by atoms with Gasteiger partial charge < -0.3 is 15.5 Å². The van der Waals surface area contributed by atoms with Gasteiger partial charge in [0.25, 0.3) is 5.91 Å². The monoisotopic (exact) mass is 405 g/mol. The van der Waals surface area contributed by atoms with Crippen molar-refractivity contribution in [3.8, 4) is 0 Å². The van der Waals surface area contributed by atoms with Gasteiger partial charge in [0.15, 0.2) is 0 Å². The first-order chi connectivity index (χ1) is 13.4. The van der Waals surface area contributed by atoms with Crippen LogP contribution in [0.1, 0.15) is 55.8 Å². The largest absolute Gasteiger partial charge is 0.352 e. The highest BCUT2D eigenvalue weighted by molar-refractivity contribution is 6.30. The second-order valence-corrected chi connectivity index (χ2v) is 8.24. The number of halogens is 1. The first-order valence-corrected chi connectivity index (χ1v) is 10.4. The summed E-state index contributed by atoms with van der Waals surface area (Å²) >= 11 is 5.90. The number of hydrogen-bond donors (Lipinski definition) is 2. The van der Waals surface area contributed by atoms with Crippen LogP contribution < -0.4 is 10.6 Å². The third-order valence-electron chi connectivity index (χ3n) is 5.65. The molecule has 2 fully saturated rings. The zero-order valence-electron chi connectivity index (χ0n) is 16.2. The van der Waals surface area contributed by atoms with Gasteiger partial charge in [-0.05, 0) is 49.9 Å². The molecule has 0 bridgehead atoms. The maximum absolute atomic E-state index is 12.9. The lowest BCUT2D eigenvalue weighted by Gasteiger charge is -2.36. The topological polar surface area (TPSA) is 78.5 Å². The van der Waals surface area contributed by atoms with Crippen molar-refractivity contribution in [2.45, 2.75) is 57.5 Å². The fraction of sp³-hybridized carbons (Fsp3) is 0.571. The minimum absolute atomic E-state index is 0.00871. The summed E-state index contributed by atoms with van der Waals surface area (Å²) in [6.07, 6.45) is 5.44. The molecular weight excluding hydrogens is 378 g/mol. The number of amides is 3. The number of nitrogens with one attached hydrogen (secondary N) is 2. The summed E-state index contributed by atoms with van der Waals surface area (Å²) in [5.41, 5.74) is 0.587. The summed E-state index contributed by atoms with van der Waals surface area (Å²) in [7, 11) is 0. The highest BCUT2D eigenvalue weighted by atomic mass is 35.5. The van der Waals surface area contributed by atoms with E-state index in [-0.39, 0.29) is 35.7 Å². The molecule has 1 aliphatic carbocycles. The fourth-order valence-electron chi connectivity index (χ4n) is 4.19. The maximum Gasteiger partial charge on any atom is 0.253 e. The Hall–Kier alpha value is -2.08. The third kappa shape index (κ3) is 5.25. The molecule has 1 saturated carbocycles. The zero-order chi connectivity index (χ0) is 20.1. The quantitative estimate of drug-likeness (QED) is 0.808. The van der Waals surface area contributed by atoms with Crippen LogP contribution in [0.3, 0.4) is 0 Å². The molecule has 1 aliphatic heterocycles. The summed E-state index contributed by atoms with van der Waals surface area (Å²) in [4.78, 5) is 38.8. The van der Waals surface area contributed by atoms with Gasteiger partial charge in [-0.3, -0.25) is 14.4 Å². The summed E-state index contributed by atoms with van der Waals surface area (Å²) < 4.78 is 0. The number of nitrogens with zero attached hydrogens (tertiary/aromatic N) is 1. The normalized spacial score (nSPS) is 25.1. The molecule has 3 amide bonds. The SMILES string of the molecule is CC(=O)N[C@@H]1CCCCC1NC(=O)C1CCCN(C(=O)c2ccc(Cl)cc2)C1. The van der Waals surface area contributed by atoms with Crippen molar-refractivity contribution < 1.29 is 14.4 Å². The van der Waals surface area contributed by atoms with Crippen LogP contribution in [-0.2, 0) is 9.59 Å². The predicted octanol–water partition coefficient (Wildman–Crippen LogP) is 2.76. The van der Waals surface area contributed by atoms with Crippen molar-refractivity contribution in [2.24, 2.45) is 5.92 Å². The molecule has 152 valence electrons. The molecule has 2 unspecified atom stereocenters. The summed E-state index contributed by atoms with van der Waals surface area (Å²) in [6.45, 7) is 2.59. The van der Waals surface area contributed by atoms with Gasteiger partial charge in [0, 0.05) is 42.7 Å². The Labute approximate surface area is 171 Å². The highest BCUT2D eigenvalue weighted by Crippen LogP contribution is 2.22. The molecule has 0 aromatic heterocycles. The highest BCUT2D eigenvalue weighted by Gasteiger charge is 2.32. The molecule has 7 heteroatoms. The Morgan fingerprint density at radius 1 is 0.964 bits per heavy atom. The van der Waals surface area contributed by atoms with E-state index < -0.39 is 0 Å². The Kier molecular flexibility index (Phi) is 6.94. The van der Waals surface area contributed by atoms with Crippen LogP contribution in [-0.4, -0.2) is 47.8 Å². The number of hydrogen-bond acceptors (Lipinski definition) is 3. The second kappa shape index (κ2) is 9.41. The van der Waals surface area contributed by atoms with E-state index in [1.165, 1.54) is 6.92 Å². The van der Waals surface area contributed by atoms with Gasteiger partial charge in [0.1, 0.15) is 0 Å². The Morgan fingerprint density at radius 3 is 2.25 bits per heavy atom. The van der Waals surface area contributed by atoms with Gasteiger partial charge in [-0.15, -0.1) is 0 Å². The molecule has 3 atom stereocenters. The lowest BCUT2D eigenvalue weighted by molar-refractivity contribution is -0.128. The lowest BCUT2D eigenvalue weighted by Crippen LogP contribution is -2.55. The van der Waals surface area contributed by atoms with Gasteiger partial charge in [0.2, 0.25) is 11.8 Å². The van der Waals surface area contributed by atoms with Crippen LogP contribution in [0, 0.1) is 5.92 Å². The maximum atomic E-state index is 12.9. The van der Waals surface area contributed by atoms with E-state index >= 15 is 0 Å². The van der Waals surface area contributed by atoms with E-state index in [4.69, 9.17) is 11.6 Å². The smallest absolute Gasteiger partial charge is 0.253 e. The van der Waals surface area contributed by atoms with Gasteiger partial charge in [0.05, 0.1) is 5.92 Å². The lowest BCUT2D eigenvalue weighted by atomic mass is 9.89. The molecule has 2 aliphatic rings. The molecular formula is C21H28ClN3O3. The molecule has 3 rings (SSSR count). The van der Waals surface area contributed by atoms with E-state index in [0.29, 0.717) is 23.7 Å². The Morgan fingerprint density at radius 2 is 1.61 bits per heavy atom. The molecule has 2 N–H and O–H groups in total. The van der Waals surface area contributed by atoms with Crippen molar-refractivity contribution in [1.29, 1.82) is 0 Å². The number of likely N-dealkylation sites (tertiary alicyclic amines) is 1. The third-order valence-corrected chi connectivity index (χ3v) is 5.90. The van der Waals surface area contributed by atoms with E-state index in [9.17, 15) is 14.4 Å². The Balaban J connectivity index is 1.59. The predicted molar refractivity (Wildman–Crippen MR) is 108 cm³/mol. The first-order valence-electron chi connectivity index (χ1n) is 10.1. The standard InChI is InChI=1S/C21H28ClN3O3/c1-14(26)23-18-6-2-3-7-19(18)24-20(27)16-5-4-12-25(13-16)21(28)15-8-10-17(22)11-9-15/h8-11,16,18-19H,2-7,12-13H2,1H3,(H,23,26)(H,24,27)/t16?,18-,19?/m1/s1. The van der Waals surface area contributed by atoms with E-state index in [1.54, 1.807) is 29.2 Å². The van der Waals surface area contributed by atoms with Crippen molar-refractivity contribution in [3.05, 3.63) is 34.9 Å². The Bertz CT molecular complexity index is 722. The van der Waals surface area contributed by atoms with Crippen LogP contribution in [0.5, 0.6) is 0 Å². The van der Waals surface area contributed by atoms with Gasteiger partial charge >= 0.3 is 0 Å². The van der Waals surface area contributed by atoms with Crippen molar-refractivity contribution >= 4 is 29.3 Å². The average Bonchev–Trinajstić information content (AvgIpc) is 2.69. The van der Waals surface area contributed by atoms with Gasteiger partial charge in [-0.25, -0.2) is 0 Å². The molecule has 6 nitrogen and oxygen atoms in total. The number of benzene rings is 1. The van der Waals surface area contributed by atoms with Crippen LogP contribution in [0.25, 0.3) is 0 Å². The first kappa shape index (κ1) is 20.6. The number of carbonyl (C=O) groups excluding carboxylic acids is 3. The van der Waals surface area contributed by atoms with Gasteiger partial charge in [-0.2, -0.15) is 0 Å². The van der Waals surface area contributed by atoms with Crippen molar-refractivity contribution in [2.75, 3.05) is 13.1 Å². The van der Waals surface area contributed by atoms with Crippen LogP contribution in [0.2, 0.25) is 5.02 Å². The number of carbonyl (C=O) groups is 3. The molecule has 1 saturated heterocycles. The zero-order valence-corrected chi connectivity index (χ0v) is 17.0. The van der Waals surface area contributed by atoms with Crippen molar-refractivity contribution in [1.82, 2.24) is 15.5 Å². The van der Waals surface area contributed by atoms with Crippen LogP contribution in [0.4, 0.5) is 0 Å². The van der Waals surface area contributed by atoms with E-state index in [1.807, 2.05) is 0 Å². The number of piperidine rings is 1. The van der Waals surface area contributed by atoms with Gasteiger partial charge in [-0.1, -0.05) is 24.4 Å². The molecule has 1 aromatic carbocycles. The summed E-state index contributed by atoms with van der Waals surface area (Å²) in [5, 5.41) is 6.70. The molecule has 0 radical (unpaired) electrons. The fourth-order valence-corrected chi connectivity index (χ4v) is 4.31. The molecule has 28 heavy (non-hydrogen) atoms. The second-order valence-electron chi connectivity index (χ2n) is 7.80. The van der Waals surface area contributed by atoms with Crippen LogP contribution in [0.15, 0.2) is 24.3 Å².